The average Bonchev–Trinajstić information content (AvgIpc) is 3.22. The SMILES string of the molecule is C[C@@H](Oc1cc(-c2cc3n(n2)CCC32CNC2)cnc1N)c1ccccn1.Cl. The van der Waals surface area contributed by atoms with Gasteiger partial charge in [-0.2, -0.15) is 5.10 Å². The van der Waals surface area contributed by atoms with Crippen LogP contribution in [-0.4, -0.2) is 32.8 Å². The van der Waals surface area contributed by atoms with Crippen LogP contribution >= 0.6 is 12.4 Å². The number of halogens is 1. The van der Waals surface area contributed by atoms with E-state index in [4.69, 9.17) is 15.6 Å². The summed E-state index contributed by atoms with van der Waals surface area (Å²) in [5.74, 6) is 0.923. The lowest BCUT2D eigenvalue weighted by atomic mass is 9.77. The van der Waals surface area contributed by atoms with Crippen molar-refractivity contribution in [1.82, 2.24) is 25.1 Å². The van der Waals surface area contributed by atoms with Crippen molar-refractivity contribution in [2.45, 2.75) is 31.4 Å². The van der Waals surface area contributed by atoms with Crippen LogP contribution in [0.3, 0.4) is 0 Å². The molecule has 3 N–H and O–H groups in total. The zero-order valence-electron chi connectivity index (χ0n) is 15.6. The van der Waals surface area contributed by atoms with Crippen molar-refractivity contribution in [3.05, 3.63) is 54.1 Å². The molecule has 5 heterocycles. The summed E-state index contributed by atoms with van der Waals surface area (Å²) in [5.41, 5.74) is 10.3. The van der Waals surface area contributed by atoms with Crippen molar-refractivity contribution in [2.75, 3.05) is 18.8 Å². The minimum atomic E-state index is -0.220. The van der Waals surface area contributed by atoms with E-state index in [-0.39, 0.29) is 23.9 Å². The van der Waals surface area contributed by atoms with Gasteiger partial charge in [-0.1, -0.05) is 6.07 Å². The summed E-state index contributed by atoms with van der Waals surface area (Å²) in [6.45, 7) is 4.99. The zero-order chi connectivity index (χ0) is 18.4. The number of fused-ring (bicyclic) bond motifs is 2. The molecular formula is C20H23ClN6O. The minimum absolute atomic E-state index is 0. The quantitative estimate of drug-likeness (QED) is 0.702. The normalized spacial score (nSPS) is 17.5. The minimum Gasteiger partial charge on any atom is -0.481 e. The third kappa shape index (κ3) is 3.00. The summed E-state index contributed by atoms with van der Waals surface area (Å²) in [7, 11) is 0. The second-order valence-corrected chi connectivity index (χ2v) is 7.39. The standard InChI is InChI=1S/C20H22N6O.ClH/c1-13(15-4-2-3-6-23-15)27-17-8-14(10-24-19(17)21)16-9-18-20(11-22-12-20)5-7-26(18)25-16;/h2-4,6,8-10,13,22H,5,7,11-12H2,1H3,(H2,21,24);1H/t13-;/m1./s1. The van der Waals surface area contributed by atoms with Crippen LogP contribution < -0.4 is 15.8 Å². The molecule has 1 saturated heterocycles. The molecule has 1 atom stereocenters. The fourth-order valence-corrected chi connectivity index (χ4v) is 3.94. The van der Waals surface area contributed by atoms with Crippen LogP contribution in [0.15, 0.2) is 42.7 Å². The lowest BCUT2D eigenvalue weighted by Gasteiger charge is -2.38. The van der Waals surface area contributed by atoms with Gasteiger partial charge in [-0.3, -0.25) is 9.67 Å². The predicted octanol–water partition coefficient (Wildman–Crippen LogP) is 2.73. The lowest BCUT2D eigenvalue weighted by Crippen LogP contribution is -2.55. The Balaban J connectivity index is 0.00000192. The highest BCUT2D eigenvalue weighted by molar-refractivity contribution is 5.85. The van der Waals surface area contributed by atoms with Gasteiger partial charge < -0.3 is 15.8 Å². The molecule has 5 rings (SSSR count). The van der Waals surface area contributed by atoms with Crippen LogP contribution in [0.2, 0.25) is 0 Å². The highest BCUT2D eigenvalue weighted by Crippen LogP contribution is 2.40. The van der Waals surface area contributed by atoms with Gasteiger partial charge in [0.15, 0.2) is 11.6 Å². The Labute approximate surface area is 169 Å². The molecule has 0 radical (unpaired) electrons. The number of nitrogens with one attached hydrogen (secondary N) is 1. The van der Waals surface area contributed by atoms with E-state index in [0.717, 1.165) is 36.6 Å². The first-order valence-electron chi connectivity index (χ1n) is 9.27. The molecule has 2 aliphatic heterocycles. The van der Waals surface area contributed by atoms with Crippen molar-refractivity contribution in [2.24, 2.45) is 0 Å². The summed E-state index contributed by atoms with van der Waals surface area (Å²) < 4.78 is 8.18. The van der Waals surface area contributed by atoms with E-state index in [2.05, 4.69) is 26.0 Å². The van der Waals surface area contributed by atoms with E-state index in [0.29, 0.717) is 11.6 Å². The number of hydrogen-bond donors (Lipinski definition) is 2. The van der Waals surface area contributed by atoms with Gasteiger partial charge in [0, 0.05) is 48.7 Å². The molecule has 146 valence electrons. The maximum absolute atomic E-state index is 6.05. The van der Waals surface area contributed by atoms with Gasteiger partial charge in [0.1, 0.15) is 6.10 Å². The molecule has 0 amide bonds. The molecule has 0 bridgehead atoms. The zero-order valence-corrected chi connectivity index (χ0v) is 16.4. The molecule has 8 heteroatoms. The highest BCUT2D eigenvalue weighted by atomic mass is 35.5. The number of anilines is 1. The molecule has 28 heavy (non-hydrogen) atoms. The van der Waals surface area contributed by atoms with Gasteiger partial charge in [0.25, 0.3) is 0 Å². The summed E-state index contributed by atoms with van der Waals surface area (Å²) in [4.78, 5) is 8.67. The Hall–Kier alpha value is -2.64. The molecule has 1 spiro atoms. The van der Waals surface area contributed by atoms with Gasteiger partial charge in [-0.05, 0) is 37.6 Å². The van der Waals surface area contributed by atoms with Crippen molar-refractivity contribution < 1.29 is 4.74 Å². The van der Waals surface area contributed by atoms with E-state index in [9.17, 15) is 0 Å². The second-order valence-electron chi connectivity index (χ2n) is 7.39. The number of aromatic nitrogens is 4. The molecular weight excluding hydrogens is 376 g/mol. The van der Waals surface area contributed by atoms with Crippen LogP contribution in [0.4, 0.5) is 5.82 Å². The van der Waals surface area contributed by atoms with Crippen molar-refractivity contribution in [3.8, 4) is 17.0 Å². The Morgan fingerprint density at radius 1 is 1.25 bits per heavy atom. The van der Waals surface area contributed by atoms with Crippen molar-refractivity contribution in [3.63, 3.8) is 0 Å². The Morgan fingerprint density at radius 2 is 2.11 bits per heavy atom. The second kappa shape index (κ2) is 7.07. The van der Waals surface area contributed by atoms with Gasteiger partial charge in [0.05, 0.1) is 11.4 Å². The molecule has 1 fully saturated rings. The average molecular weight is 399 g/mol. The first-order valence-corrected chi connectivity index (χ1v) is 9.27. The summed E-state index contributed by atoms with van der Waals surface area (Å²) in [6.07, 6.45) is 4.46. The lowest BCUT2D eigenvalue weighted by molar-refractivity contribution is 0.222. The van der Waals surface area contributed by atoms with Gasteiger partial charge in [-0.25, -0.2) is 4.98 Å². The molecule has 3 aromatic heterocycles. The van der Waals surface area contributed by atoms with Crippen molar-refractivity contribution in [1.29, 1.82) is 0 Å². The monoisotopic (exact) mass is 398 g/mol. The van der Waals surface area contributed by atoms with E-state index in [1.165, 1.54) is 12.1 Å². The van der Waals surface area contributed by atoms with Crippen LogP contribution in [0.1, 0.15) is 30.8 Å². The third-order valence-corrected chi connectivity index (χ3v) is 5.64. The molecule has 2 aliphatic rings. The van der Waals surface area contributed by atoms with Gasteiger partial charge >= 0.3 is 0 Å². The van der Waals surface area contributed by atoms with Gasteiger partial charge in [-0.15, -0.1) is 12.4 Å². The maximum Gasteiger partial charge on any atom is 0.166 e. The van der Waals surface area contributed by atoms with E-state index >= 15 is 0 Å². The van der Waals surface area contributed by atoms with Crippen LogP contribution in [0.5, 0.6) is 5.75 Å². The first kappa shape index (κ1) is 18.7. The molecule has 0 unspecified atom stereocenters. The molecule has 0 saturated carbocycles. The number of nitrogens with zero attached hydrogens (tertiary/aromatic N) is 4. The summed E-state index contributed by atoms with van der Waals surface area (Å²) in [6, 6.07) is 9.87. The van der Waals surface area contributed by atoms with E-state index in [1.807, 2.05) is 31.2 Å². The van der Waals surface area contributed by atoms with Crippen LogP contribution in [0.25, 0.3) is 11.3 Å². The highest BCUT2D eigenvalue weighted by Gasteiger charge is 2.45. The van der Waals surface area contributed by atoms with Crippen LogP contribution in [-0.2, 0) is 12.0 Å². The molecule has 3 aromatic rings. The molecule has 7 nitrogen and oxygen atoms in total. The number of aryl methyl sites for hydroxylation is 1. The Bertz CT molecular complexity index is 986. The number of ether oxygens (including phenoxy) is 1. The molecule has 0 aliphatic carbocycles. The predicted molar refractivity (Wildman–Crippen MR) is 110 cm³/mol. The number of rotatable bonds is 4. The smallest absolute Gasteiger partial charge is 0.166 e. The number of nitrogens with two attached hydrogens (primary N) is 1. The van der Waals surface area contributed by atoms with Gasteiger partial charge in [0.2, 0.25) is 0 Å². The largest absolute Gasteiger partial charge is 0.481 e. The molecule has 0 aromatic carbocycles. The van der Waals surface area contributed by atoms with Crippen LogP contribution in [0, 0.1) is 0 Å². The number of pyridine rings is 2. The maximum atomic E-state index is 6.05. The van der Waals surface area contributed by atoms with Crippen molar-refractivity contribution >= 4 is 18.2 Å². The summed E-state index contributed by atoms with van der Waals surface area (Å²) in [5, 5.41) is 8.18. The topological polar surface area (TPSA) is 90.9 Å². The fraction of sp³-hybridized carbons (Fsp3) is 0.350. The fourth-order valence-electron chi connectivity index (χ4n) is 3.94. The third-order valence-electron chi connectivity index (χ3n) is 5.64. The van der Waals surface area contributed by atoms with E-state index in [1.54, 1.807) is 12.4 Å². The number of hydrogen-bond acceptors (Lipinski definition) is 6. The summed E-state index contributed by atoms with van der Waals surface area (Å²) >= 11 is 0. The Morgan fingerprint density at radius 3 is 2.82 bits per heavy atom. The number of nitrogen functional groups attached to an aromatic ring is 1. The first-order chi connectivity index (χ1) is 13.1. The Kier molecular flexibility index (Phi) is 4.72. The van der Waals surface area contributed by atoms with E-state index < -0.39 is 0 Å².